The second-order valence-corrected chi connectivity index (χ2v) is 6.81. The Bertz CT molecular complexity index is 478. The van der Waals surface area contributed by atoms with Gasteiger partial charge in [0, 0.05) is 12.6 Å². The largest absolute Gasteiger partial charge is 0.354 e. The van der Waals surface area contributed by atoms with Crippen LogP contribution in [0.15, 0.2) is 24.3 Å². The number of carbonyl (C=O) groups excluding carboxylic acids is 1. The normalized spacial score (nSPS) is 22.7. The highest BCUT2D eigenvalue weighted by molar-refractivity contribution is 5.81. The van der Waals surface area contributed by atoms with Gasteiger partial charge >= 0.3 is 0 Å². The first-order valence-electron chi connectivity index (χ1n) is 8.06. The summed E-state index contributed by atoms with van der Waals surface area (Å²) >= 11 is 0. The summed E-state index contributed by atoms with van der Waals surface area (Å²) in [7, 11) is 0. The van der Waals surface area contributed by atoms with Crippen molar-refractivity contribution in [2.75, 3.05) is 6.54 Å². The highest BCUT2D eigenvalue weighted by Gasteiger charge is 2.32. The Morgan fingerprint density at radius 2 is 2.00 bits per heavy atom. The van der Waals surface area contributed by atoms with Gasteiger partial charge in [-0.25, -0.2) is 0 Å². The molecule has 3 nitrogen and oxygen atoms in total. The van der Waals surface area contributed by atoms with Crippen LogP contribution in [0.2, 0.25) is 0 Å². The van der Waals surface area contributed by atoms with Crippen molar-refractivity contribution in [1.82, 2.24) is 10.6 Å². The smallest absolute Gasteiger partial charge is 0.236 e. The van der Waals surface area contributed by atoms with E-state index in [2.05, 4.69) is 55.7 Å². The molecule has 1 atom stereocenters. The minimum atomic E-state index is -0.104. The summed E-state index contributed by atoms with van der Waals surface area (Å²) in [6.07, 6.45) is 2.26. The Morgan fingerprint density at radius 1 is 1.29 bits per heavy atom. The molecule has 1 aromatic carbocycles. The molecule has 116 valence electrons. The molecule has 1 unspecified atom stereocenters. The van der Waals surface area contributed by atoms with Crippen molar-refractivity contribution in [2.24, 2.45) is 5.92 Å². The summed E-state index contributed by atoms with van der Waals surface area (Å²) in [5.41, 5.74) is 2.76. The predicted molar refractivity (Wildman–Crippen MR) is 87.4 cm³/mol. The number of amides is 1. The maximum Gasteiger partial charge on any atom is 0.236 e. The molecule has 1 amide bonds. The topological polar surface area (TPSA) is 41.1 Å². The molecule has 3 heteroatoms. The average Bonchev–Trinajstić information content (AvgIpc) is 2.39. The second-order valence-electron chi connectivity index (χ2n) is 6.81. The molecule has 1 saturated carbocycles. The molecular weight excluding hydrogens is 260 g/mol. The van der Waals surface area contributed by atoms with Gasteiger partial charge in [0.1, 0.15) is 0 Å². The van der Waals surface area contributed by atoms with Crippen molar-refractivity contribution in [3.63, 3.8) is 0 Å². The van der Waals surface area contributed by atoms with Gasteiger partial charge in [0.2, 0.25) is 5.91 Å². The fourth-order valence-electron chi connectivity index (χ4n) is 2.84. The van der Waals surface area contributed by atoms with Crippen molar-refractivity contribution in [3.8, 4) is 0 Å². The molecule has 0 radical (unpaired) electrons. The van der Waals surface area contributed by atoms with E-state index < -0.39 is 0 Å². The molecule has 2 N–H and O–H groups in total. The monoisotopic (exact) mass is 288 g/mol. The molecule has 1 aliphatic carbocycles. The highest BCUT2D eigenvalue weighted by atomic mass is 16.2. The van der Waals surface area contributed by atoms with Crippen molar-refractivity contribution < 1.29 is 4.79 Å². The summed E-state index contributed by atoms with van der Waals surface area (Å²) < 4.78 is 0. The third kappa shape index (κ3) is 4.57. The molecule has 1 aliphatic rings. The van der Waals surface area contributed by atoms with Crippen LogP contribution in [-0.4, -0.2) is 24.5 Å². The van der Waals surface area contributed by atoms with Crippen LogP contribution in [0.1, 0.15) is 50.7 Å². The summed E-state index contributed by atoms with van der Waals surface area (Å²) in [4.78, 5) is 11.9. The van der Waals surface area contributed by atoms with Crippen molar-refractivity contribution >= 4 is 5.91 Å². The van der Waals surface area contributed by atoms with Crippen molar-refractivity contribution in [1.29, 1.82) is 0 Å². The molecule has 21 heavy (non-hydrogen) atoms. The van der Waals surface area contributed by atoms with Gasteiger partial charge in [-0.3, -0.25) is 4.79 Å². The lowest BCUT2D eigenvalue weighted by Gasteiger charge is -2.38. The van der Waals surface area contributed by atoms with Gasteiger partial charge in [-0.2, -0.15) is 0 Å². The first-order valence-corrected chi connectivity index (χ1v) is 8.06. The third-order valence-corrected chi connectivity index (χ3v) is 4.22. The van der Waals surface area contributed by atoms with E-state index >= 15 is 0 Å². The first-order chi connectivity index (χ1) is 9.95. The SMILES string of the molecule is Cc1cccc(C2CC(NC(C)C(=O)NCC(C)C)C2)c1. The zero-order chi connectivity index (χ0) is 15.4. The zero-order valence-corrected chi connectivity index (χ0v) is 13.6. The number of rotatable bonds is 6. The minimum Gasteiger partial charge on any atom is -0.354 e. The first kappa shape index (κ1) is 16.0. The Hall–Kier alpha value is -1.35. The van der Waals surface area contributed by atoms with E-state index in [4.69, 9.17) is 0 Å². The molecule has 0 spiro atoms. The van der Waals surface area contributed by atoms with Crippen LogP contribution in [0, 0.1) is 12.8 Å². The van der Waals surface area contributed by atoms with E-state index in [0.29, 0.717) is 17.9 Å². The maximum atomic E-state index is 11.9. The standard InChI is InChI=1S/C18H28N2O/c1-12(2)11-19-18(21)14(4)20-17-9-16(10-17)15-7-5-6-13(3)8-15/h5-8,12,14,16-17,20H,9-11H2,1-4H3,(H,19,21). The summed E-state index contributed by atoms with van der Waals surface area (Å²) in [6, 6.07) is 9.13. The van der Waals surface area contributed by atoms with E-state index in [1.165, 1.54) is 11.1 Å². The summed E-state index contributed by atoms with van der Waals surface area (Å²) in [5.74, 6) is 1.26. The quantitative estimate of drug-likeness (QED) is 0.845. The lowest BCUT2D eigenvalue weighted by molar-refractivity contribution is -0.123. The number of nitrogens with one attached hydrogen (secondary N) is 2. The second kappa shape index (κ2) is 7.08. The van der Waals surface area contributed by atoms with Gasteiger partial charge in [-0.1, -0.05) is 43.7 Å². The lowest BCUT2D eigenvalue weighted by Crippen LogP contribution is -2.51. The number of benzene rings is 1. The molecule has 0 aliphatic heterocycles. The fraction of sp³-hybridized carbons (Fsp3) is 0.611. The van der Waals surface area contributed by atoms with Gasteiger partial charge in [-0.15, -0.1) is 0 Å². The third-order valence-electron chi connectivity index (χ3n) is 4.22. The molecule has 1 aromatic rings. The molecule has 0 heterocycles. The molecular formula is C18H28N2O. The zero-order valence-electron chi connectivity index (χ0n) is 13.6. The van der Waals surface area contributed by atoms with E-state index in [9.17, 15) is 4.79 Å². The molecule has 2 rings (SSSR count). The van der Waals surface area contributed by atoms with Gasteiger partial charge in [0.05, 0.1) is 6.04 Å². The van der Waals surface area contributed by atoms with E-state index in [0.717, 1.165) is 19.4 Å². The summed E-state index contributed by atoms with van der Waals surface area (Å²) in [6.45, 7) is 9.06. The molecule has 0 bridgehead atoms. The van der Waals surface area contributed by atoms with Gasteiger partial charge < -0.3 is 10.6 Å². The Morgan fingerprint density at radius 3 is 2.62 bits per heavy atom. The van der Waals surface area contributed by atoms with Crippen molar-refractivity contribution in [2.45, 2.75) is 58.5 Å². The number of hydrogen-bond acceptors (Lipinski definition) is 2. The molecule has 0 aromatic heterocycles. The van der Waals surface area contributed by atoms with Gasteiger partial charge in [0.25, 0.3) is 0 Å². The van der Waals surface area contributed by atoms with Crippen LogP contribution in [0.25, 0.3) is 0 Å². The molecule has 0 saturated heterocycles. The van der Waals surface area contributed by atoms with E-state index in [1.54, 1.807) is 0 Å². The average molecular weight is 288 g/mol. The molecule has 1 fully saturated rings. The predicted octanol–water partition coefficient (Wildman–Crippen LogP) is 2.99. The van der Waals surface area contributed by atoms with Crippen LogP contribution in [0.3, 0.4) is 0 Å². The minimum absolute atomic E-state index is 0.104. The van der Waals surface area contributed by atoms with E-state index in [-0.39, 0.29) is 11.9 Å². The van der Waals surface area contributed by atoms with Crippen LogP contribution >= 0.6 is 0 Å². The number of aryl methyl sites for hydroxylation is 1. The Kier molecular flexibility index (Phi) is 5.40. The van der Waals surface area contributed by atoms with Crippen LogP contribution in [-0.2, 0) is 4.79 Å². The number of carbonyl (C=O) groups is 1. The number of hydrogen-bond donors (Lipinski definition) is 2. The van der Waals surface area contributed by atoms with Crippen LogP contribution < -0.4 is 10.6 Å². The summed E-state index contributed by atoms with van der Waals surface area (Å²) in [5, 5.41) is 6.43. The Balaban J connectivity index is 1.73. The Labute approximate surface area is 128 Å². The van der Waals surface area contributed by atoms with Crippen molar-refractivity contribution in [3.05, 3.63) is 35.4 Å². The maximum absolute atomic E-state index is 11.9. The lowest BCUT2D eigenvalue weighted by atomic mass is 9.75. The fourth-order valence-corrected chi connectivity index (χ4v) is 2.84. The van der Waals surface area contributed by atoms with Crippen LogP contribution in [0.5, 0.6) is 0 Å². The van der Waals surface area contributed by atoms with Crippen LogP contribution in [0.4, 0.5) is 0 Å². The van der Waals surface area contributed by atoms with E-state index in [1.807, 2.05) is 6.92 Å². The highest BCUT2D eigenvalue weighted by Crippen LogP contribution is 2.37. The van der Waals surface area contributed by atoms with Gasteiger partial charge in [-0.05, 0) is 44.1 Å². The van der Waals surface area contributed by atoms with Gasteiger partial charge in [0.15, 0.2) is 0 Å².